The summed E-state index contributed by atoms with van der Waals surface area (Å²) < 4.78 is 33.9. The molecule has 0 saturated carbocycles. The predicted octanol–water partition coefficient (Wildman–Crippen LogP) is 0.564. The van der Waals surface area contributed by atoms with E-state index in [1.54, 1.807) is 6.92 Å². The van der Waals surface area contributed by atoms with Crippen molar-refractivity contribution in [1.29, 1.82) is 0 Å². The average molecular weight is 196 g/mol. The summed E-state index contributed by atoms with van der Waals surface area (Å²) in [7, 11) is -4.26. The van der Waals surface area contributed by atoms with Crippen LogP contribution >= 0.6 is 0 Å². The maximum atomic E-state index is 10.6. The summed E-state index contributed by atoms with van der Waals surface area (Å²) in [6, 6.07) is 0. The second-order valence-electron chi connectivity index (χ2n) is 2.20. The zero-order valence-electron chi connectivity index (χ0n) is 6.98. The molecule has 1 N–H and O–H groups in total. The van der Waals surface area contributed by atoms with Crippen LogP contribution in [0.25, 0.3) is 0 Å². The molecule has 1 atom stereocenters. The lowest BCUT2D eigenvalue weighted by atomic mass is 10.5. The third-order valence-corrected chi connectivity index (χ3v) is 2.31. The molecular formula is C6H12O5S. The maximum absolute atomic E-state index is 10.6. The molecule has 0 bridgehead atoms. The SMILES string of the molecule is CCC(=O)OC(CC)S(=O)(=O)O. The van der Waals surface area contributed by atoms with Crippen molar-refractivity contribution in [2.75, 3.05) is 0 Å². The molecule has 0 aromatic rings. The first kappa shape index (κ1) is 11.4. The number of hydrogen-bond acceptors (Lipinski definition) is 4. The molecule has 0 aromatic carbocycles. The predicted molar refractivity (Wildman–Crippen MR) is 42.0 cm³/mol. The monoisotopic (exact) mass is 196 g/mol. The lowest BCUT2D eigenvalue weighted by molar-refractivity contribution is -0.145. The van der Waals surface area contributed by atoms with Crippen molar-refractivity contribution in [3.63, 3.8) is 0 Å². The fourth-order valence-corrected chi connectivity index (χ4v) is 1.23. The first-order valence-corrected chi connectivity index (χ1v) is 5.07. The highest BCUT2D eigenvalue weighted by Crippen LogP contribution is 2.06. The molecule has 0 aliphatic carbocycles. The van der Waals surface area contributed by atoms with E-state index in [9.17, 15) is 13.2 Å². The summed E-state index contributed by atoms with van der Waals surface area (Å²) in [5.41, 5.74) is -1.43. The Morgan fingerprint density at radius 3 is 2.25 bits per heavy atom. The smallest absolute Gasteiger partial charge is 0.306 e. The van der Waals surface area contributed by atoms with Gasteiger partial charge < -0.3 is 4.74 Å². The molecule has 0 aromatic heterocycles. The van der Waals surface area contributed by atoms with Crippen LogP contribution in [0.15, 0.2) is 0 Å². The van der Waals surface area contributed by atoms with Crippen molar-refractivity contribution >= 4 is 16.1 Å². The summed E-state index contributed by atoms with van der Waals surface area (Å²) in [6.45, 7) is 3.04. The number of carbonyl (C=O) groups excluding carboxylic acids is 1. The van der Waals surface area contributed by atoms with Gasteiger partial charge in [-0.1, -0.05) is 13.8 Å². The van der Waals surface area contributed by atoms with Crippen molar-refractivity contribution in [3.8, 4) is 0 Å². The molecule has 0 amide bonds. The number of carbonyl (C=O) groups is 1. The third kappa shape index (κ3) is 3.68. The molecule has 12 heavy (non-hydrogen) atoms. The van der Waals surface area contributed by atoms with Gasteiger partial charge in [0, 0.05) is 6.42 Å². The summed E-state index contributed by atoms with van der Waals surface area (Å²) >= 11 is 0. The van der Waals surface area contributed by atoms with Gasteiger partial charge in [-0.25, -0.2) is 0 Å². The van der Waals surface area contributed by atoms with E-state index < -0.39 is 21.5 Å². The minimum Gasteiger partial charge on any atom is -0.443 e. The zero-order valence-corrected chi connectivity index (χ0v) is 7.80. The van der Waals surface area contributed by atoms with Gasteiger partial charge in [-0.15, -0.1) is 0 Å². The average Bonchev–Trinajstić information content (AvgIpc) is 1.97. The Hall–Kier alpha value is -0.620. The highest BCUT2D eigenvalue weighted by molar-refractivity contribution is 7.86. The standard InChI is InChI=1S/C6H12O5S/c1-3-5(7)11-6(4-2)12(8,9)10/h6H,3-4H2,1-2H3,(H,8,9,10). The van der Waals surface area contributed by atoms with Gasteiger partial charge in [-0.05, 0) is 6.42 Å². The van der Waals surface area contributed by atoms with Gasteiger partial charge in [0.05, 0.1) is 0 Å². The normalized spacial score (nSPS) is 13.9. The summed E-state index contributed by atoms with van der Waals surface area (Å²) in [6.07, 6.45) is 0.136. The Labute approximate surface area is 71.5 Å². The molecule has 6 heteroatoms. The lowest BCUT2D eigenvalue weighted by Crippen LogP contribution is -2.25. The largest absolute Gasteiger partial charge is 0.443 e. The van der Waals surface area contributed by atoms with E-state index in [1.807, 2.05) is 0 Å². The number of esters is 1. The zero-order chi connectivity index (χ0) is 9.78. The second-order valence-corrected chi connectivity index (χ2v) is 3.75. The molecule has 0 aliphatic rings. The quantitative estimate of drug-likeness (QED) is 0.525. The van der Waals surface area contributed by atoms with Crippen LogP contribution in [0.4, 0.5) is 0 Å². The first-order chi connectivity index (χ1) is 5.41. The van der Waals surface area contributed by atoms with E-state index in [0.29, 0.717) is 0 Å². The Bertz CT molecular complexity index is 243. The minimum atomic E-state index is -4.26. The van der Waals surface area contributed by atoms with E-state index >= 15 is 0 Å². The van der Waals surface area contributed by atoms with Gasteiger partial charge >= 0.3 is 16.1 Å². The topological polar surface area (TPSA) is 80.7 Å². The van der Waals surface area contributed by atoms with Crippen LogP contribution < -0.4 is 0 Å². The third-order valence-electron chi connectivity index (χ3n) is 1.22. The summed E-state index contributed by atoms with van der Waals surface area (Å²) in [5, 5.41) is 0. The maximum Gasteiger partial charge on any atom is 0.306 e. The Morgan fingerprint density at radius 2 is 2.00 bits per heavy atom. The van der Waals surface area contributed by atoms with Crippen LogP contribution in [0, 0.1) is 0 Å². The van der Waals surface area contributed by atoms with Crippen LogP contribution in [0.5, 0.6) is 0 Å². The second kappa shape index (κ2) is 4.42. The Morgan fingerprint density at radius 1 is 1.50 bits per heavy atom. The van der Waals surface area contributed by atoms with Gasteiger partial charge in [-0.2, -0.15) is 8.42 Å². The molecule has 0 saturated heterocycles. The lowest BCUT2D eigenvalue weighted by Gasteiger charge is -2.11. The van der Waals surface area contributed by atoms with E-state index in [4.69, 9.17) is 4.55 Å². The van der Waals surface area contributed by atoms with Gasteiger partial charge in [0.15, 0.2) is 0 Å². The van der Waals surface area contributed by atoms with E-state index in [1.165, 1.54) is 6.92 Å². The van der Waals surface area contributed by atoms with Crippen LogP contribution in [-0.4, -0.2) is 24.4 Å². The molecule has 0 heterocycles. The number of rotatable bonds is 4. The molecular weight excluding hydrogens is 184 g/mol. The van der Waals surface area contributed by atoms with E-state index in [-0.39, 0.29) is 12.8 Å². The van der Waals surface area contributed by atoms with Gasteiger partial charge in [0.25, 0.3) is 0 Å². The van der Waals surface area contributed by atoms with Gasteiger partial charge in [-0.3, -0.25) is 9.35 Å². The first-order valence-electron chi connectivity index (χ1n) is 3.57. The van der Waals surface area contributed by atoms with Crippen LogP contribution in [-0.2, 0) is 19.6 Å². The molecule has 0 rings (SSSR count). The van der Waals surface area contributed by atoms with Crippen molar-refractivity contribution in [3.05, 3.63) is 0 Å². The van der Waals surface area contributed by atoms with E-state index in [2.05, 4.69) is 4.74 Å². The molecule has 5 nitrogen and oxygen atoms in total. The molecule has 0 aliphatic heterocycles. The number of ether oxygens (including phenoxy) is 1. The highest BCUT2D eigenvalue weighted by Gasteiger charge is 2.24. The van der Waals surface area contributed by atoms with Crippen LogP contribution in [0.1, 0.15) is 26.7 Å². The minimum absolute atomic E-state index is 0.0462. The molecule has 1 unspecified atom stereocenters. The van der Waals surface area contributed by atoms with Crippen molar-refractivity contribution < 1.29 is 22.5 Å². The van der Waals surface area contributed by atoms with Gasteiger partial charge in [0.2, 0.25) is 5.44 Å². The fraction of sp³-hybridized carbons (Fsp3) is 0.833. The van der Waals surface area contributed by atoms with Crippen LogP contribution in [0.3, 0.4) is 0 Å². The Balaban J connectivity index is 4.30. The van der Waals surface area contributed by atoms with E-state index in [0.717, 1.165) is 0 Å². The summed E-state index contributed by atoms with van der Waals surface area (Å²) in [4.78, 5) is 10.6. The molecule has 72 valence electrons. The van der Waals surface area contributed by atoms with Crippen molar-refractivity contribution in [2.45, 2.75) is 32.1 Å². The van der Waals surface area contributed by atoms with Crippen molar-refractivity contribution in [1.82, 2.24) is 0 Å². The molecule has 0 radical (unpaired) electrons. The fourth-order valence-electron chi connectivity index (χ4n) is 0.585. The number of hydrogen-bond donors (Lipinski definition) is 1. The Kier molecular flexibility index (Phi) is 4.19. The van der Waals surface area contributed by atoms with Crippen LogP contribution in [0.2, 0.25) is 0 Å². The molecule has 0 spiro atoms. The summed E-state index contributed by atoms with van der Waals surface area (Å²) in [5.74, 6) is -0.639. The van der Waals surface area contributed by atoms with Gasteiger partial charge in [0.1, 0.15) is 0 Å². The molecule has 0 fully saturated rings. The highest BCUT2D eigenvalue weighted by atomic mass is 32.2. The van der Waals surface area contributed by atoms with Crippen molar-refractivity contribution in [2.24, 2.45) is 0 Å².